The summed E-state index contributed by atoms with van der Waals surface area (Å²) in [6.07, 6.45) is 3.82. The maximum Gasteiger partial charge on any atom is 0.312 e. The molecule has 2 rings (SSSR count). The molecule has 0 aromatic carbocycles. The van der Waals surface area contributed by atoms with Gasteiger partial charge in [0.05, 0.1) is 23.1 Å². The number of hydrogen-bond acceptors (Lipinski definition) is 4. The van der Waals surface area contributed by atoms with Gasteiger partial charge in [0.25, 0.3) is 0 Å². The summed E-state index contributed by atoms with van der Waals surface area (Å²) < 4.78 is 5.10. The third-order valence-electron chi connectivity index (χ3n) is 3.24. The predicted molar refractivity (Wildman–Crippen MR) is 61.9 cm³/mol. The number of carbonyl (C=O) groups excluding carboxylic acids is 2. The van der Waals surface area contributed by atoms with Crippen LogP contribution in [0.3, 0.4) is 0 Å². The third kappa shape index (κ3) is 2.05. The molecule has 1 aliphatic heterocycles. The van der Waals surface area contributed by atoms with Gasteiger partial charge in [0.2, 0.25) is 5.91 Å². The molecule has 1 aliphatic carbocycles. The van der Waals surface area contributed by atoms with Crippen LogP contribution < -0.4 is 5.32 Å². The fraction of sp³-hybridized carbons (Fsp3) is 0.818. The average molecular weight is 243 g/mol. The Hall–Kier alpha value is -0.710. The van der Waals surface area contributed by atoms with Gasteiger partial charge in [-0.25, -0.2) is 0 Å². The lowest BCUT2D eigenvalue weighted by atomic mass is 9.83. The molecule has 5 heteroatoms. The minimum atomic E-state index is -0.373. The van der Waals surface area contributed by atoms with Crippen molar-refractivity contribution >= 4 is 23.6 Å². The highest BCUT2D eigenvalue weighted by Gasteiger charge is 2.50. The Morgan fingerprint density at radius 2 is 2.44 bits per heavy atom. The molecule has 16 heavy (non-hydrogen) atoms. The molecule has 0 unspecified atom stereocenters. The quantitative estimate of drug-likeness (QED) is 0.743. The van der Waals surface area contributed by atoms with Crippen molar-refractivity contribution in [3.63, 3.8) is 0 Å². The molecule has 1 spiro atoms. The molecule has 0 bridgehead atoms. The van der Waals surface area contributed by atoms with Crippen LogP contribution in [0.25, 0.3) is 0 Å². The lowest BCUT2D eigenvalue weighted by molar-refractivity contribution is -0.150. The summed E-state index contributed by atoms with van der Waals surface area (Å²) in [5.41, 5.74) is 0. The van der Waals surface area contributed by atoms with Crippen molar-refractivity contribution in [2.24, 2.45) is 5.92 Å². The normalized spacial score (nSPS) is 33.8. The number of ether oxygens (including phenoxy) is 1. The Balaban J connectivity index is 2.13. The second-order valence-electron chi connectivity index (χ2n) is 4.28. The Morgan fingerprint density at radius 1 is 1.62 bits per heavy atom. The van der Waals surface area contributed by atoms with E-state index >= 15 is 0 Å². The molecule has 4 nitrogen and oxygen atoms in total. The first-order valence-corrected chi connectivity index (χ1v) is 6.78. The highest BCUT2D eigenvalue weighted by molar-refractivity contribution is 8.01. The SMILES string of the molecule is CCOC(=O)[C@@H]1CCCC[C@]12NC(=O)CS2. The Bertz CT molecular complexity index is 308. The predicted octanol–water partition coefficient (Wildman–Crippen LogP) is 1.30. The topological polar surface area (TPSA) is 55.4 Å². The van der Waals surface area contributed by atoms with Crippen LogP contribution in [0.1, 0.15) is 32.6 Å². The van der Waals surface area contributed by atoms with E-state index in [1.165, 1.54) is 0 Å². The third-order valence-corrected chi connectivity index (χ3v) is 4.75. The molecule has 1 heterocycles. The Morgan fingerprint density at radius 3 is 3.06 bits per heavy atom. The molecule has 2 atom stereocenters. The van der Waals surface area contributed by atoms with Gasteiger partial charge < -0.3 is 10.1 Å². The van der Waals surface area contributed by atoms with E-state index in [0.717, 1.165) is 25.7 Å². The number of thioether (sulfide) groups is 1. The van der Waals surface area contributed by atoms with Gasteiger partial charge in [-0.1, -0.05) is 12.8 Å². The van der Waals surface area contributed by atoms with E-state index in [0.29, 0.717) is 12.4 Å². The number of hydrogen-bond donors (Lipinski definition) is 1. The zero-order valence-corrected chi connectivity index (χ0v) is 10.3. The van der Waals surface area contributed by atoms with Crippen LogP contribution in [0.2, 0.25) is 0 Å². The van der Waals surface area contributed by atoms with Gasteiger partial charge >= 0.3 is 5.97 Å². The first kappa shape index (κ1) is 11.8. The van der Waals surface area contributed by atoms with E-state index in [-0.39, 0.29) is 22.7 Å². The van der Waals surface area contributed by atoms with Crippen LogP contribution in [0.5, 0.6) is 0 Å². The van der Waals surface area contributed by atoms with Crippen molar-refractivity contribution in [3.05, 3.63) is 0 Å². The summed E-state index contributed by atoms with van der Waals surface area (Å²) in [6.45, 7) is 2.22. The molecule has 2 fully saturated rings. The standard InChI is InChI=1S/C11H17NO3S/c1-2-15-10(14)8-5-3-4-6-11(8)12-9(13)7-16-11/h8H,2-7H2,1H3,(H,12,13)/t8-,11+/m0/s1. The van der Waals surface area contributed by atoms with Gasteiger partial charge in [-0.15, -0.1) is 11.8 Å². The first-order valence-electron chi connectivity index (χ1n) is 5.79. The molecule has 1 saturated heterocycles. The summed E-state index contributed by atoms with van der Waals surface area (Å²) in [5, 5.41) is 2.98. The van der Waals surface area contributed by atoms with Crippen molar-refractivity contribution < 1.29 is 14.3 Å². The van der Waals surface area contributed by atoms with E-state index in [9.17, 15) is 9.59 Å². The molecule has 1 amide bonds. The summed E-state index contributed by atoms with van der Waals surface area (Å²) >= 11 is 1.57. The molecular formula is C11H17NO3S. The minimum absolute atomic E-state index is 0.0428. The monoisotopic (exact) mass is 243 g/mol. The van der Waals surface area contributed by atoms with Gasteiger partial charge in [-0.05, 0) is 19.8 Å². The number of rotatable bonds is 2. The van der Waals surface area contributed by atoms with E-state index in [4.69, 9.17) is 4.74 Å². The van der Waals surface area contributed by atoms with Crippen LogP contribution in [0, 0.1) is 5.92 Å². The van der Waals surface area contributed by atoms with Gasteiger partial charge in [0.1, 0.15) is 0 Å². The highest BCUT2D eigenvalue weighted by atomic mass is 32.2. The fourth-order valence-electron chi connectivity index (χ4n) is 2.52. The van der Waals surface area contributed by atoms with Crippen LogP contribution >= 0.6 is 11.8 Å². The van der Waals surface area contributed by atoms with Crippen LogP contribution in [0.15, 0.2) is 0 Å². The van der Waals surface area contributed by atoms with Crippen molar-refractivity contribution in [3.8, 4) is 0 Å². The summed E-state index contributed by atoms with van der Waals surface area (Å²) in [6, 6.07) is 0. The van der Waals surface area contributed by atoms with E-state index in [1.54, 1.807) is 11.8 Å². The molecule has 2 aliphatic rings. The second kappa shape index (κ2) is 4.65. The minimum Gasteiger partial charge on any atom is -0.466 e. The van der Waals surface area contributed by atoms with Crippen molar-refractivity contribution in [1.29, 1.82) is 0 Å². The first-order chi connectivity index (χ1) is 7.68. The Labute approximate surface area is 99.5 Å². The zero-order chi connectivity index (χ0) is 11.6. The molecule has 90 valence electrons. The lowest BCUT2D eigenvalue weighted by Gasteiger charge is -2.38. The fourth-order valence-corrected chi connectivity index (χ4v) is 3.87. The van der Waals surface area contributed by atoms with Crippen LogP contribution in [0.4, 0.5) is 0 Å². The number of nitrogens with one attached hydrogen (secondary N) is 1. The molecule has 1 N–H and O–H groups in total. The number of amides is 1. The number of carbonyl (C=O) groups is 2. The van der Waals surface area contributed by atoms with E-state index in [1.807, 2.05) is 6.92 Å². The lowest BCUT2D eigenvalue weighted by Crippen LogP contribution is -2.51. The zero-order valence-electron chi connectivity index (χ0n) is 9.45. The largest absolute Gasteiger partial charge is 0.466 e. The van der Waals surface area contributed by atoms with Crippen molar-refractivity contribution in [1.82, 2.24) is 5.32 Å². The second-order valence-corrected chi connectivity index (χ2v) is 5.58. The van der Waals surface area contributed by atoms with Gasteiger partial charge in [-0.3, -0.25) is 9.59 Å². The smallest absolute Gasteiger partial charge is 0.312 e. The average Bonchev–Trinajstić information content (AvgIpc) is 2.61. The van der Waals surface area contributed by atoms with Gasteiger partial charge in [0, 0.05) is 0 Å². The maximum absolute atomic E-state index is 11.9. The highest BCUT2D eigenvalue weighted by Crippen LogP contribution is 2.45. The molecule has 0 aromatic rings. The van der Waals surface area contributed by atoms with E-state index in [2.05, 4.69) is 5.32 Å². The van der Waals surface area contributed by atoms with Gasteiger partial charge in [-0.2, -0.15) is 0 Å². The van der Waals surface area contributed by atoms with E-state index < -0.39 is 0 Å². The Kier molecular flexibility index (Phi) is 3.42. The number of esters is 1. The molecule has 0 radical (unpaired) electrons. The summed E-state index contributed by atoms with van der Waals surface area (Å²) in [5.74, 6) is 0.186. The van der Waals surface area contributed by atoms with Gasteiger partial charge in [0.15, 0.2) is 0 Å². The van der Waals surface area contributed by atoms with Crippen molar-refractivity contribution in [2.75, 3.05) is 12.4 Å². The summed E-state index contributed by atoms with van der Waals surface area (Å²) in [4.78, 5) is 22.9. The van der Waals surface area contributed by atoms with Crippen LogP contribution in [-0.2, 0) is 14.3 Å². The van der Waals surface area contributed by atoms with Crippen LogP contribution in [-0.4, -0.2) is 29.1 Å². The molecular weight excluding hydrogens is 226 g/mol. The molecule has 1 saturated carbocycles. The molecule has 0 aromatic heterocycles. The summed E-state index contributed by atoms with van der Waals surface area (Å²) in [7, 11) is 0. The maximum atomic E-state index is 11.9. The van der Waals surface area contributed by atoms with Crippen molar-refractivity contribution in [2.45, 2.75) is 37.5 Å².